The number of rotatable bonds is 6. The summed E-state index contributed by atoms with van der Waals surface area (Å²) >= 11 is 0. The van der Waals surface area contributed by atoms with E-state index in [4.69, 9.17) is 14.0 Å². The van der Waals surface area contributed by atoms with Gasteiger partial charge >= 0.3 is 0 Å². The lowest BCUT2D eigenvalue weighted by Crippen LogP contribution is -2.12. The van der Waals surface area contributed by atoms with Crippen molar-refractivity contribution in [1.29, 1.82) is 0 Å². The number of amides is 1. The maximum Gasteiger partial charge on any atom is 0.277 e. The van der Waals surface area contributed by atoms with Gasteiger partial charge in [0.05, 0.1) is 14.2 Å². The zero-order chi connectivity index (χ0) is 19.4. The third-order valence-corrected chi connectivity index (χ3v) is 3.96. The van der Waals surface area contributed by atoms with Crippen molar-refractivity contribution >= 4 is 17.4 Å². The molecular weight excluding hydrogens is 348 g/mol. The molecule has 0 radical (unpaired) electrons. The highest BCUT2D eigenvalue weighted by molar-refractivity contribution is 6.03. The van der Waals surface area contributed by atoms with Gasteiger partial charge in [-0.3, -0.25) is 9.59 Å². The number of nitrogens with one attached hydrogen (secondary N) is 1. The summed E-state index contributed by atoms with van der Waals surface area (Å²) in [6.07, 6.45) is 0. The first-order chi connectivity index (χ1) is 13.0. The van der Waals surface area contributed by atoms with Gasteiger partial charge in [-0.1, -0.05) is 5.16 Å². The molecule has 7 nitrogen and oxygen atoms in total. The topological polar surface area (TPSA) is 90.7 Å². The smallest absolute Gasteiger partial charge is 0.277 e. The lowest BCUT2D eigenvalue weighted by molar-refractivity contribution is 0.101. The predicted molar refractivity (Wildman–Crippen MR) is 99.4 cm³/mol. The van der Waals surface area contributed by atoms with Crippen LogP contribution in [0, 0.1) is 0 Å². The summed E-state index contributed by atoms with van der Waals surface area (Å²) in [4.78, 5) is 23.7. The van der Waals surface area contributed by atoms with Gasteiger partial charge in [-0.15, -0.1) is 0 Å². The van der Waals surface area contributed by atoms with Crippen LogP contribution < -0.4 is 14.8 Å². The number of hydrogen-bond donors (Lipinski definition) is 1. The Bertz CT molecular complexity index is 976. The first-order valence-corrected chi connectivity index (χ1v) is 8.13. The van der Waals surface area contributed by atoms with Gasteiger partial charge in [0, 0.05) is 22.9 Å². The van der Waals surface area contributed by atoms with Crippen LogP contribution in [-0.4, -0.2) is 31.1 Å². The van der Waals surface area contributed by atoms with Crippen LogP contribution in [0.2, 0.25) is 0 Å². The third-order valence-electron chi connectivity index (χ3n) is 3.96. The lowest BCUT2D eigenvalue weighted by Gasteiger charge is -2.07. The summed E-state index contributed by atoms with van der Waals surface area (Å²) in [5.74, 6) is 1.11. The molecule has 0 spiro atoms. The van der Waals surface area contributed by atoms with Gasteiger partial charge in [-0.05, 0) is 49.4 Å². The Morgan fingerprint density at radius 3 is 2.30 bits per heavy atom. The molecule has 3 rings (SSSR count). The first-order valence-electron chi connectivity index (χ1n) is 8.13. The molecular formula is C20H18N2O5. The standard InChI is InChI=1S/C20H18N2O5/c1-12(23)13-4-7-15(8-5-13)21-20(24)16-11-18(27-22-16)14-6-9-17(25-2)19(10-14)26-3/h4-11H,1-3H3,(H,21,24). The SMILES string of the molecule is COc1ccc(-c2cc(C(=O)Nc3ccc(C(C)=O)cc3)no2)cc1OC. The molecule has 0 aliphatic rings. The summed E-state index contributed by atoms with van der Waals surface area (Å²) in [6.45, 7) is 1.48. The summed E-state index contributed by atoms with van der Waals surface area (Å²) < 4.78 is 15.8. The molecule has 138 valence electrons. The summed E-state index contributed by atoms with van der Waals surface area (Å²) in [5, 5.41) is 6.53. The minimum atomic E-state index is -0.416. The van der Waals surface area contributed by atoms with Crippen LogP contribution in [0.4, 0.5) is 5.69 Å². The highest BCUT2D eigenvalue weighted by Crippen LogP contribution is 2.32. The number of hydrogen-bond acceptors (Lipinski definition) is 6. The largest absolute Gasteiger partial charge is 0.493 e. The highest BCUT2D eigenvalue weighted by atomic mass is 16.5. The molecule has 1 amide bonds. The molecule has 0 fully saturated rings. The second kappa shape index (κ2) is 7.74. The van der Waals surface area contributed by atoms with Gasteiger partial charge in [-0.25, -0.2) is 0 Å². The lowest BCUT2D eigenvalue weighted by atomic mass is 10.1. The second-order valence-corrected chi connectivity index (χ2v) is 5.73. The number of benzene rings is 2. The van der Waals surface area contributed by atoms with Gasteiger partial charge < -0.3 is 19.3 Å². The minimum Gasteiger partial charge on any atom is -0.493 e. The van der Waals surface area contributed by atoms with Crippen molar-refractivity contribution in [2.75, 3.05) is 19.5 Å². The van der Waals surface area contributed by atoms with E-state index in [1.165, 1.54) is 14.0 Å². The Hall–Kier alpha value is -3.61. The minimum absolute atomic E-state index is 0.0380. The number of methoxy groups -OCH3 is 2. The molecule has 1 aromatic heterocycles. The molecule has 7 heteroatoms. The van der Waals surface area contributed by atoms with Gasteiger partial charge in [-0.2, -0.15) is 0 Å². The number of ketones is 1. The van der Waals surface area contributed by atoms with Crippen LogP contribution in [0.25, 0.3) is 11.3 Å². The van der Waals surface area contributed by atoms with E-state index in [0.29, 0.717) is 34.1 Å². The zero-order valence-corrected chi connectivity index (χ0v) is 15.1. The summed E-state index contributed by atoms with van der Waals surface area (Å²) in [5.41, 5.74) is 1.96. The fraction of sp³-hybridized carbons (Fsp3) is 0.150. The van der Waals surface area contributed by atoms with Crippen molar-refractivity contribution < 1.29 is 23.6 Å². The molecule has 3 aromatic rings. The van der Waals surface area contributed by atoms with Gasteiger partial charge in [0.25, 0.3) is 5.91 Å². The van der Waals surface area contributed by atoms with Crippen LogP contribution in [0.1, 0.15) is 27.8 Å². The Kier molecular flexibility index (Phi) is 5.21. The van der Waals surface area contributed by atoms with E-state index < -0.39 is 5.91 Å². The van der Waals surface area contributed by atoms with Crippen LogP contribution >= 0.6 is 0 Å². The third kappa shape index (κ3) is 3.98. The van der Waals surface area contributed by atoms with Crippen molar-refractivity contribution in [2.24, 2.45) is 0 Å². The molecule has 1 N–H and O–H groups in total. The maximum atomic E-state index is 12.4. The number of nitrogens with zero attached hydrogens (tertiary/aromatic N) is 1. The average Bonchev–Trinajstić information content (AvgIpc) is 3.18. The number of carbonyl (C=O) groups is 2. The molecule has 0 bridgehead atoms. The Morgan fingerprint density at radius 2 is 1.67 bits per heavy atom. The second-order valence-electron chi connectivity index (χ2n) is 5.73. The van der Waals surface area contributed by atoms with Crippen LogP contribution in [-0.2, 0) is 0 Å². The van der Waals surface area contributed by atoms with E-state index in [2.05, 4.69) is 10.5 Å². The number of anilines is 1. The number of carbonyl (C=O) groups excluding carboxylic acids is 2. The van der Waals surface area contributed by atoms with Crippen molar-refractivity contribution in [3.05, 3.63) is 59.8 Å². The highest BCUT2D eigenvalue weighted by Gasteiger charge is 2.15. The molecule has 0 saturated carbocycles. The van der Waals surface area contributed by atoms with Gasteiger partial charge in [0.15, 0.2) is 28.7 Å². The van der Waals surface area contributed by atoms with Gasteiger partial charge in [0.2, 0.25) is 0 Å². The van der Waals surface area contributed by atoms with Crippen molar-refractivity contribution in [1.82, 2.24) is 5.16 Å². The fourth-order valence-electron chi connectivity index (χ4n) is 2.49. The van der Waals surface area contributed by atoms with Crippen molar-refractivity contribution in [2.45, 2.75) is 6.92 Å². The Morgan fingerprint density at radius 1 is 0.963 bits per heavy atom. The number of Topliss-reactive ketones (excluding diaryl/α,β-unsaturated/α-hetero) is 1. The summed E-state index contributed by atoms with van der Waals surface area (Å²) in [6, 6.07) is 13.4. The average molecular weight is 366 g/mol. The molecule has 0 aliphatic carbocycles. The van der Waals surface area contributed by atoms with E-state index in [1.807, 2.05) is 0 Å². The van der Waals surface area contributed by atoms with Crippen molar-refractivity contribution in [3.8, 4) is 22.8 Å². The monoisotopic (exact) mass is 366 g/mol. The summed E-state index contributed by atoms with van der Waals surface area (Å²) in [7, 11) is 3.09. The van der Waals surface area contributed by atoms with E-state index in [0.717, 1.165) is 0 Å². The van der Waals surface area contributed by atoms with E-state index in [-0.39, 0.29) is 11.5 Å². The number of ether oxygens (including phenoxy) is 2. The fourth-order valence-corrected chi connectivity index (χ4v) is 2.49. The quantitative estimate of drug-likeness (QED) is 0.667. The van der Waals surface area contributed by atoms with Crippen LogP contribution in [0.15, 0.2) is 53.1 Å². The molecule has 0 saturated heterocycles. The van der Waals surface area contributed by atoms with E-state index in [9.17, 15) is 9.59 Å². The molecule has 27 heavy (non-hydrogen) atoms. The molecule has 1 heterocycles. The van der Waals surface area contributed by atoms with Crippen LogP contribution in [0.5, 0.6) is 11.5 Å². The van der Waals surface area contributed by atoms with Crippen molar-refractivity contribution in [3.63, 3.8) is 0 Å². The van der Waals surface area contributed by atoms with E-state index >= 15 is 0 Å². The van der Waals surface area contributed by atoms with Crippen LogP contribution in [0.3, 0.4) is 0 Å². The molecule has 2 aromatic carbocycles. The number of aromatic nitrogens is 1. The Balaban J connectivity index is 1.77. The predicted octanol–water partition coefficient (Wildman–Crippen LogP) is 3.81. The van der Waals surface area contributed by atoms with Gasteiger partial charge in [0.1, 0.15) is 0 Å². The zero-order valence-electron chi connectivity index (χ0n) is 15.1. The Labute approximate surface area is 155 Å². The molecule has 0 atom stereocenters. The first kappa shape index (κ1) is 18.2. The molecule has 0 unspecified atom stereocenters. The molecule has 0 aliphatic heterocycles. The van der Waals surface area contributed by atoms with E-state index in [1.54, 1.807) is 55.6 Å². The maximum absolute atomic E-state index is 12.4. The normalized spacial score (nSPS) is 10.3.